The molecule has 2 heteroatoms. The molecule has 0 saturated heterocycles. The molecule has 29 heavy (non-hydrogen) atoms. The summed E-state index contributed by atoms with van der Waals surface area (Å²) in [6.45, 7) is 4.36. The molecule has 0 saturated carbocycles. The van der Waals surface area contributed by atoms with Gasteiger partial charge < -0.3 is 12.4 Å². The van der Waals surface area contributed by atoms with E-state index in [4.69, 9.17) is 4.98 Å². The average Bonchev–Trinajstić information content (AvgIpc) is 3.14. The number of hydrogen-bond acceptors (Lipinski definition) is 1. The van der Waals surface area contributed by atoms with Crippen molar-refractivity contribution in [2.75, 3.05) is 0 Å². The summed E-state index contributed by atoms with van der Waals surface area (Å²) in [4.78, 5) is 4.78. The molecule has 0 fully saturated rings. The van der Waals surface area contributed by atoms with Gasteiger partial charge in [-0.25, -0.2) is 0 Å². The van der Waals surface area contributed by atoms with E-state index in [0.29, 0.717) is 0 Å². The fourth-order valence-electron chi connectivity index (χ4n) is 5.13. The molecule has 0 bridgehead atoms. The van der Waals surface area contributed by atoms with Gasteiger partial charge in [-0.3, -0.25) is 0 Å². The number of benzene rings is 3. The van der Waals surface area contributed by atoms with Crippen LogP contribution < -0.4 is 0 Å². The van der Waals surface area contributed by atoms with Crippen LogP contribution in [0.1, 0.15) is 33.4 Å². The van der Waals surface area contributed by atoms with E-state index in [2.05, 4.69) is 80.6 Å². The Morgan fingerprint density at radius 1 is 0.759 bits per heavy atom. The first-order valence-electron chi connectivity index (χ1n) is 9.41. The van der Waals surface area contributed by atoms with Crippen LogP contribution in [0.2, 0.25) is 0 Å². The maximum atomic E-state index is 4.78. The van der Waals surface area contributed by atoms with Crippen molar-refractivity contribution in [3.63, 3.8) is 0 Å². The van der Waals surface area contributed by atoms with Gasteiger partial charge in [-0.1, -0.05) is 59.2 Å². The van der Waals surface area contributed by atoms with Crippen molar-refractivity contribution in [3.05, 3.63) is 120 Å². The molecule has 1 aromatic heterocycles. The minimum Gasteiger partial charge on any atom is -0.358 e. The van der Waals surface area contributed by atoms with E-state index >= 15 is 0 Å². The van der Waals surface area contributed by atoms with Crippen molar-refractivity contribution in [1.82, 2.24) is 4.98 Å². The monoisotopic (exact) mass is 552 g/mol. The van der Waals surface area contributed by atoms with Gasteiger partial charge in [0.15, 0.2) is 0 Å². The number of aromatic nitrogens is 1. The van der Waals surface area contributed by atoms with Gasteiger partial charge >= 0.3 is 0 Å². The van der Waals surface area contributed by atoms with E-state index in [-0.39, 0.29) is 32.9 Å². The Kier molecular flexibility index (Phi) is 4.61. The molecule has 4 aromatic rings. The topological polar surface area (TPSA) is 12.9 Å². The van der Waals surface area contributed by atoms with E-state index in [9.17, 15) is 0 Å². The van der Waals surface area contributed by atoms with Crippen LogP contribution in [0.15, 0.2) is 72.9 Å². The number of nitrogens with zero attached hydrogens (tertiary/aromatic N) is 1. The molecule has 3 aromatic carbocycles. The van der Waals surface area contributed by atoms with Gasteiger partial charge in [0, 0.05) is 31.7 Å². The Labute approximate surface area is 186 Å². The predicted molar refractivity (Wildman–Crippen MR) is 115 cm³/mol. The van der Waals surface area contributed by atoms with Crippen LogP contribution in [-0.2, 0) is 25.5 Å². The molecule has 0 amide bonds. The quantitative estimate of drug-likeness (QED) is 0.202. The molecule has 0 aliphatic heterocycles. The van der Waals surface area contributed by atoms with E-state index in [1.807, 2.05) is 12.3 Å². The van der Waals surface area contributed by atoms with E-state index in [0.717, 1.165) is 11.3 Å². The zero-order chi connectivity index (χ0) is 18.2. The Bertz CT molecular complexity index is 1160. The van der Waals surface area contributed by atoms with Crippen LogP contribution in [0.25, 0.3) is 22.4 Å². The van der Waals surface area contributed by atoms with Crippen LogP contribution in [0.4, 0.5) is 0 Å². The molecule has 6 rings (SSSR count). The van der Waals surface area contributed by atoms with Crippen molar-refractivity contribution in [2.24, 2.45) is 0 Å². The third-order valence-corrected chi connectivity index (χ3v) is 6.16. The first-order valence-corrected chi connectivity index (χ1v) is 9.41. The van der Waals surface area contributed by atoms with Gasteiger partial charge in [-0.2, -0.15) is 0 Å². The molecule has 0 N–H and O–H groups in total. The molecule has 1 spiro atoms. The molecule has 2 aliphatic carbocycles. The smallest absolute Gasteiger partial charge is 0.0314 e. The van der Waals surface area contributed by atoms with Crippen LogP contribution in [-0.4, -0.2) is 4.98 Å². The number of rotatable bonds is 0. The first-order chi connectivity index (χ1) is 13.2. The fraction of sp³-hybridized carbons (Fsp3) is 0.111. The third-order valence-electron chi connectivity index (χ3n) is 6.16. The van der Waals surface area contributed by atoms with Crippen molar-refractivity contribution >= 4 is 0 Å². The van der Waals surface area contributed by atoms with Crippen molar-refractivity contribution < 1.29 is 20.1 Å². The summed E-state index contributed by atoms with van der Waals surface area (Å²) < 4.78 is 0. The summed E-state index contributed by atoms with van der Waals surface area (Å²) in [5.74, 6) is 0. The Balaban J connectivity index is 0.00000102. The number of hydrogen-bond donors (Lipinski definition) is 0. The van der Waals surface area contributed by atoms with E-state index < -0.39 is 0 Å². The van der Waals surface area contributed by atoms with Crippen molar-refractivity contribution in [3.8, 4) is 22.4 Å². The maximum Gasteiger partial charge on any atom is 0.0314 e. The van der Waals surface area contributed by atoms with Crippen LogP contribution in [0.3, 0.4) is 0 Å². The van der Waals surface area contributed by atoms with Crippen molar-refractivity contribution in [1.29, 1.82) is 0 Å². The molecule has 0 atom stereocenters. The Morgan fingerprint density at radius 2 is 1.38 bits per heavy atom. The van der Waals surface area contributed by atoms with Gasteiger partial charge in [-0.15, -0.1) is 35.4 Å². The minimum absolute atomic E-state index is 0. The molecule has 2 aliphatic rings. The maximum absolute atomic E-state index is 4.78. The van der Waals surface area contributed by atoms with Gasteiger partial charge in [0.1, 0.15) is 0 Å². The second-order valence-corrected chi connectivity index (χ2v) is 7.71. The molecular formula is C27H21IrN-2. The zero-order valence-corrected chi connectivity index (χ0v) is 19.1. The predicted octanol–water partition coefficient (Wildman–Crippen LogP) is 6.29. The summed E-state index contributed by atoms with van der Waals surface area (Å²) in [5, 5.41) is 0. The molecule has 145 valence electrons. The molecule has 1 nitrogen and oxygen atoms in total. The number of fused-ring (bicyclic) bond motifs is 10. The van der Waals surface area contributed by atoms with Gasteiger partial charge in [0.2, 0.25) is 0 Å². The van der Waals surface area contributed by atoms with Gasteiger partial charge in [0.05, 0.1) is 0 Å². The van der Waals surface area contributed by atoms with Crippen LogP contribution >= 0.6 is 0 Å². The first kappa shape index (κ1) is 19.8. The summed E-state index contributed by atoms with van der Waals surface area (Å²) in [7, 11) is 0. The van der Waals surface area contributed by atoms with E-state index in [1.165, 1.54) is 44.5 Å². The van der Waals surface area contributed by atoms with Gasteiger partial charge in [0.25, 0.3) is 0 Å². The second-order valence-electron chi connectivity index (χ2n) is 7.71. The van der Waals surface area contributed by atoms with Gasteiger partial charge in [-0.05, 0) is 47.9 Å². The summed E-state index contributed by atoms with van der Waals surface area (Å²) >= 11 is 0. The number of aryl methyl sites for hydroxylation is 2. The second kappa shape index (κ2) is 6.76. The van der Waals surface area contributed by atoms with Crippen LogP contribution in [0.5, 0.6) is 0 Å². The van der Waals surface area contributed by atoms with Crippen LogP contribution in [0, 0.1) is 27.3 Å². The molecule has 0 unspecified atom stereocenters. The largest absolute Gasteiger partial charge is 0.358 e. The summed E-state index contributed by atoms with van der Waals surface area (Å²) in [6, 6.07) is 27.9. The molecule has 1 heterocycles. The SMILES string of the molecule is Cc1ccc2c(c1)C1(c3ccc[c-]c3-c3ncccc31)c1cc(C)ccc1-2.[CH3-].[Ir]. The third kappa shape index (κ3) is 2.34. The Morgan fingerprint density at radius 3 is 2.03 bits per heavy atom. The minimum atomic E-state index is -0.292. The van der Waals surface area contributed by atoms with Crippen molar-refractivity contribution in [2.45, 2.75) is 19.3 Å². The molecular weight excluding hydrogens is 531 g/mol. The Hall–Kier alpha value is -2.54. The molecule has 1 radical (unpaired) electrons. The zero-order valence-electron chi connectivity index (χ0n) is 16.7. The number of pyridine rings is 1. The normalized spacial score (nSPS) is 13.6. The van der Waals surface area contributed by atoms with E-state index in [1.54, 1.807) is 0 Å². The summed E-state index contributed by atoms with van der Waals surface area (Å²) in [6.07, 6.45) is 1.89. The summed E-state index contributed by atoms with van der Waals surface area (Å²) in [5.41, 5.74) is 12.5. The average molecular weight is 552 g/mol. The standard InChI is InChI=1S/C26H18N.CH3.Ir/c1-16-9-11-18-19-12-10-17(2)15-24(19)26(23(18)14-16)21-7-4-3-6-20(21)25-22(26)8-5-13-27-25;;/h3-5,7-15H,1-2H3;1H3;/q2*-1;. The fourth-order valence-corrected chi connectivity index (χ4v) is 5.13.